The average molecular weight is 227 g/mol. The van der Waals surface area contributed by atoms with E-state index in [9.17, 15) is 8.78 Å². The molecule has 88 valence electrons. The molecule has 1 aliphatic rings. The van der Waals surface area contributed by atoms with Gasteiger partial charge in [0.1, 0.15) is 0 Å². The summed E-state index contributed by atoms with van der Waals surface area (Å²) < 4.78 is 31.8. The third-order valence-electron chi connectivity index (χ3n) is 2.91. The smallest absolute Gasteiger partial charge is 0.163 e. The van der Waals surface area contributed by atoms with Crippen molar-refractivity contribution in [2.24, 2.45) is 0 Å². The standard InChI is InChI=1S/C12H15F2NO/c1-9-8-16-6-5-15(9)7-10-3-2-4-11(13)12(10)14/h2-4,9H,5-8H2,1H3/t9-/m0/s1. The molecule has 0 amide bonds. The van der Waals surface area contributed by atoms with Gasteiger partial charge >= 0.3 is 0 Å². The van der Waals surface area contributed by atoms with E-state index in [2.05, 4.69) is 4.90 Å². The Hall–Kier alpha value is -1.00. The average Bonchev–Trinajstić information content (AvgIpc) is 2.28. The third-order valence-corrected chi connectivity index (χ3v) is 2.91. The van der Waals surface area contributed by atoms with Gasteiger partial charge in [0.25, 0.3) is 0 Å². The van der Waals surface area contributed by atoms with Gasteiger partial charge in [-0.15, -0.1) is 0 Å². The minimum absolute atomic E-state index is 0.247. The molecule has 1 fully saturated rings. The predicted molar refractivity (Wildman–Crippen MR) is 57.0 cm³/mol. The molecule has 16 heavy (non-hydrogen) atoms. The van der Waals surface area contributed by atoms with Crippen LogP contribution in [0, 0.1) is 11.6 Å². The molecule has 0 radical (unpaired) electrons. The lowest BCUT2D eigenvalue weighted by Crippen LogP contribution is -2.43. The van der Waals surface area contributed by atoms with Crippen LogP contribution in [0.2, 0.25) is 0 Å². The number of morpholine rings is 1. The van der Waals surface area contributed by atoms with Gasteiger partial charge in [0, 0.05) is 24.7 Å². The maximum atomic E-state index is 13.5. The summed E-state index contributed by atoms with van der Waals surface area (Å²) in [6.07, 6.45) is 0. The first-order chi connectivity index (χ1) is 7.68. The van der Waals surface area contributed by atoms with E-state index in [1.165, 1.54) is 0 Å². The quantitative estimate of drug-likeness (QED) is 0.768. The topological polar surface area (TPSA) is 12.5 Å². The summed E-state index contributed by atoms with van der Waals surface area (Å²) in [6.45, 7) is 4.53. The number of ether oxygens (including phenoxy) is 1. The van der Waals surface area contributed by atoms with E-state index >= 15 is 0 Å². The number of nitrogens with zero attached hydrogens (tertiary/aromatic N) is 1. The highest BCUT2D eigenvalue weighted by atomic mass is 19.2. The lowest BCUT2D eigenvalue weighted by atomic mass is 10.1. The Morgan fingerprint density at radius 1 is 1.44 bits per heavy atom. The van der Waals surface area contributed by atoms with Gasteiger partial charge < -0.3 is 4.74 Å². The van der Waals surface area contributed by atoms with Crippen LogP contribution in [0.5, 0.6) is 0 Å². The molecule has 0 aliphatic carbocycles. The molecule has 2 rings (SSSR count). The number of rotatable bonds is 2. The number of halogens is 2. The lowest BCUT2D eigenvalue weighted by molar-refractivity contribution is -0.00487. The Morgan fingerprint density at radius 3 is 3.00 bits per heavy atom. The molecule has 1 saturated heterocycles. The molecule has 0 unspecified atom stereocenters. The van der Waals surface area contributed by atoms with Crippen molar-refractivity contribution >= 4 is 0 Å². The zero-order chi connectivity index (χ0) is 11.5. The van der Waals surface area contributed by atoms with Crippen LogP contribution in [0.4, 0.5) is 8.78 Å². The fourth-order valence-corrected chi connectivity index (χ4v) is 1.89. The van der Waals surface area contributed by atoms with Crippen molar-refractivity contribution in [1.82, 2.24) is 4.90 Å². The maximum Gasteiger partial charge on any atom is 0.163 e. The van der Waals surface area contributed by atoms with Gasteiger partial charge in [-0.1, -0.05) is 12.1 Å². The Morgan fingerprint density at radius 2 is 2.25 bits per heavy atom. The summed E-state index contributed by atoms with van der Waals surface area (Å²) in [7, 11) is 0. The highest BCUT2D eigenvalue weighted by Gasteiger charge is 2.20. The van der Waals surface area contributed by atoms with Gasteiger partial charge in [-0.25, -0.2) is 8.78 Å². The highest BCUT2D eigenvalue weighted by Crippen LogP contribution is 2.16. The van der Waals surface area contributed by atoms with E-state index in [1.54, 1.807) is 12.1 Å². The molecule has 0 bridgehead atoms. The highest BCUT2D eigenvalue weighted by molar-refractivity contribution is 5.19. The van der Waals surface area contributed by atoms with Crippen molar-refractivity contribution in [2.75, 3.05) is 19.8 Å². The van der Waals surface area contributed by atoms with Crippen LogP contribution in [0.15, 0.2) is 18.2 Å². The van der Waals surface area contributed by atoms with Gasteiger partial charge in [0.2, 0.25) is 0 Å². The molecular weight excluding hydrogens is 212 g/mol. The number of hydrogen-bond acceptors (Lipinski definition) is 2. The van der Waals surface area contributed by atoms with Crippen LogP contribution in [-0.2, 0) is 11.3 Å². The number of hydrogen-bond donors (Lipinski definition) is 0. The number of benzene rings is 1. The minimum Gasteiger partial charge on any atom is -0.379 e. The molecule has 1 atom stereocenters. The largest absolute Gasteiger partial charge is 0.379 e. The SMILES string of the molecule is C[C@H]1COCCN1Cc1cccc(F)c1F. The molecular formula is C12H15F2NO. The molecule has 1 aliphatic heterocycles. The van der Waals surface area contributed by atoms with E-state index in [4.69, 9.17) is 4.74 Å². The van der Waals surface area contributed by atoms with Crippen LogP contribution in [-0.4, -0.2) is 30.7 Å². The van der Waals surface area contributed by atoms with Crippen molar-refractivity contribution in [3.63, 3.8) is 0 Å². The van der Waals surface area contributed by atoms with Gasteiger partial charge in [0.05, 0.1) is 13.2 Å². The van der Waals surface area contributed by atoms with Gasteiger partial charge in [-0.05, 0) is 13.0 Å². The maximum absolute atomic E-state index is 13.5. The zero-order valence-electron chi connectivity index (χ0n) is 9.25. The van der Waals surface area contributed by atoms with Crippen LogP contribution in [0.1, 0.15) is 12.5 Å². The zero-order valence-corrected chi connectivity index (χ0v) is 9.25. The first kappa shape index (κ1) is 11.5. The summed E-state index contributed by atoms with van der Waals surface area (Å²) in [5, 5.41) is 0. The summed E-state index contributed by atoms with van der Waals surface area (Å²) >= 11 is 0. The minimum atomic E-state index is -0.779. The van der Waals surface area contributed by atoms with Crippen molar-refractivity contribution in [3.8, 4) is 0 Å². The molecule has 1 aromatic rings. The monoisotopic (exact) mass is 227 g/mol. The normalized spacial score (nSPS) is 22.3. The predicted octanol–water partition coefficient (Wildman–Crippen LogP) is 2.19. The molecule has 0 N–H and O–H groups in total. The fraction of sp³-hybridized carbons (Fsp3) is 0.500. The second-order valence-electron chi connectivity index (χ2n) is 4.11. The van der Waals surface area contributed by atoms with E-state index in [1.807, 2.05) is 6.92 Å². The van der Waals surface area contributed by atoms with Crippen LogP contribution < -0.4 is 0 Å². The Labute approximate surface area is 93.8 Å². The lowest BCUT2D eigenvalue weighted by Gasteiger charge is -2.33. The Kier molecular flexibility index (Phi) is 3.51. The molecule has 1 aromatic carbocycles. The van der Waals surface area contributed by atoms with E-state index in [0.717, 1.165) is 12.6 Å². The molecule has 0 aromatic heterocycles. The van der Waals surface area contributed by atoms with Gasteiger partial charge in [0.15, 0.2) is 11.6 Å². The Balaban J connectivity index is 2.10. The molecule has 0 saturated carbocycles. The van der Waals surface area contributed by atoms with Crippen LogP contribution in [0.25, 0.3) is 0 Å². The molecule has 2 nitrogen and oxygen atoms in total. The summed E-state index contributed by atoms with van der Waals surface area (Å²) in [6, 6.07) is 4.55. The summed E-state index contributed by atoms with van der Waals surface area (Å²) in [5.74, 6) is -1.51. The van der Waals surface area contributed by atoms with E-state index in [-0.39, 0.29) is 6.04 Å². The third kappa shape index (κ3) is 2.39. The van der Waals surface area contributed by atoms with Gasteiger partial charge in [-0.2, -0.15) is 0 Å². The molecule has 1 heterocycles. The second kappa shape index (κ2) is 4.89. The molecule has 0 spiro atoms. The second-order valence-corrected chi connectivity index (χ2v) is 4.11. The first-order valence-corrected chi connectivity index (χ1v) is 5.43. The van der Waals surface area contributed by atoms with E-state index in [0.29, 0.717) is 25.3 Å². The Bertz CT molecular complexity index is 370. The van der Waals surface area contributed by atoms with Crippen molar-refractivity contribution in [2.45, 2.75) is 19.5 Å². The summed E-state index contributed by atoms with van der Waals surface area (Å²) in [5.41, 5.74) is 0.411. The van der Waals surface area contributed by atoms with Gasteiger partial charge in [-0.3, -0.25) is 4.90 Å². The fourth-order valence-electron chi connectivity index (χ4n) is 1.89. The first-order valence-electron chi connectivity index (χ1n) is 5.43. The van der Waals surface area contributed by atoms with Crippen LogP contribution >= 0.6 is 0 Å². The van der Waals surface area contributed by atoms with Crippen molar-refractivity contribution in [1.29, 1.82) is 0 Å². The van der Waals surface area contributed by atoms with Crippen molar-refractivity contribution < 1.29 is 13.5 Å². The van der Waals surface area contributed by atoms with Crippen LogP contribution in [0.3, 0.4) is 0 Å². The van der Waals surface area contributed by atoms with Crippen molar-refractivity contribution in [3.05, 3.63) is 35.4 Å². The summed E-state index contributed by atoms with van der Waals surface area (Å²) in [4.78, 5) is 2.10. The molecule has 4 heteroatoms. The van der Waals surface area contributed by atoms with E-state index < -0.39 is 11.6 Å².